The van der Waals surface area contributed by atoms with Crippen molar-refractivity contribution in [3.05, 3.63) is 77.8 Å². The molecule has 9 nitrogen and oxygen atoms in total. The van der Waals surface area contributed by atoms with Crippen molar-refractivity contribution < 1.29 is 31.6 Å². The van der Waals surface area contributed by atoms with E-state index >= 15 is 0 Å². The molecule has 1 fully saturated rings. The second-order valence-electron chi connectivity index (χ2n) is 9.36. The Kier molecular flexibility index (Phi) is 6.43. The standard InChI is InChI=1S/C29H27F2N5O4/c1-39-24-14-20(23-5-4-19(16-33-23)28(38)36-10-8-29(30,31)9-11-36)12-21-13-22(40-27(21)24)17-35-26(37)7-3-18-2-6-25(32)34-15-18/h2-7,12-16H,8-11,17H2,1H3,(H2,32,34)(H,35,37)/i1D3. The Balaban J connectivity index is 1.33. The maximum Gasteiger partial charge on any atom is 0.255 e. The highest BCUT2D eigenvalue weighted by atomic mass is 19.3. The van der Waals surface area contributed by atoms with Crippen LogP contribution < -0.4 is 15.8 Å². The number of alkyl halides is 2. The first kappa shape index (κ1) is 23.1. The number of likely N-dealkylation sites (tertiary alicyclic amines) is 1. The number of nitrogens with zero attached hydrogens (tertiary/aromatic N) is 3. The number of nitrogens with one attached hydrogen (secondary N) is 1. The highest BCUT2D eigenvalue weighted by Crippen LogP contribution is 2.34. The van der Waals surface area contributed by atoms with E-state index < -0.39 is 24.8 Å². The molecule has 2 amide bonds. The summed E-state index contributed by atoms with van der Waals surface area (Å²) >= 11 is 0. The molecule has 206 valence electrons. The van der Waals surface area contributed by atoms with Gasteiger partial charge in [-0.15, -0.1) is 0 Å². The van der Waals surface area contributed by atoms with Crippen molar-refractivity contribution in [2.24, 2.45) is 0 Å². The molecule has 5 rings (SSSR count). The molecule has 3 aromatic heterocycles. The molecule has 40 heavy (non-hydrogen) atoms. The number of carbonyl (C=O) groups is 2. The average Bonchev–Trinajstić information content (AvgIpc) is 3.38. The predicted molar refractivity (Wildman–Crippen MR) is 146 cm³/mol. The molecule has 11 heteroatoms. The number of rotatable bonds is 7. The number of anilines is 1. The zero-order chi connectivity index (χ0) is 30.8. The highest BCUT2D eigenvalue weighted by Gasteiger charge is 2.35. The number of pyridine rings is 2. The van der Waals surface area contributed by atoms with Crippen LogP contribution in [0.4, 0.5) is 14.6 Å². The molecule has 0 bridgehead atoms. The molecule has 0 atom stereocenters. The number of fused-ring (bicyclic) bond motifs is 1. The number of nitrogen functional groups attached to an aromatic ring is 1. The molecule has 3 N–H and O–H groups in total. The van der Waals surface area contributed by atoms with Gasteiger partial charge in [-0.1, -0.05) is 0 Å². The van der Waals surface area contributed by atoms with Crippen molar-refractivity contribution in [2.75, 3.05) is 25.9 Å². The summed E-state index contributed by atoms with van der Waals surface area (Å²) in [5.74, 6) is -2.90. The second kappa shape index (κ2) is 11.1. The Bertz CT molecular complexity index is 1660. The third-order valence-corrected chi connectivity index (χ3v) is 6.50. The van der Waals surface area contributed by atoms with E-state index in [1.807, 2.05) is 0 Å². The average molecular weight is 551 g/mol. The minimum Gasteiger partial charge on any atom is -0.493 e. The van der Waals surface area contributed by atoms with E-state index in [2.05, 4.69) is 15.3 Å². The Morgan fingerprint density at radius 2 is 2.00 bits per heavy atom. The number of amides is 2. The fourth-order valence-corrected chi connectivity index (χ4v) is 4.32. The summed E-state index contributed by atoms with van der Waals surface area (Å²) in [6, 6.07) is 11.3. The molecule has 1 aliphatic heterocycles. The van der Waals surface area contributed by atoms with Gasteiger partial charge >= 0.3 is 0 Å². The van der Waals surface area contributed by atoms with E-state index in [0.29, 0.717) is 33.8 Å². The Morgan fingerprint density at radius 1 is 1.18 bits per heavy atom. The van der Waals surface area contributed by atoms with Crippen molar-refractivity contribution in [3.8, 4) is 17.0 Å². The van der Waals surface area contributed by atoms with Crippen LogP contribution in [-0.2, 0) is 11.3 Å². The molecule has 0 aliphatic carbocycles. The number of ether oxygens (including phenoxy) is 1. The van der Waals surface area contributed by atoms with Gasteiger partial charge in [-0.05, 0) is 54.1 Å². The number of benzene rings is 1. The van der Waals surface area contributed by atoms with Gasteiger partial charge in [-0.2, -0.15) is 0 Å². The van der Waals surface area contributed by atoms with Gasteiger partial charge in [-0.3, -0.25) is 14.6 Å². The van der Waals surface area contributed by atoms with E-state index in [1.54, 1.807) is 36.4 Å². The lowest BCUT2D eigenvalue weighted by Gasteiger charge is -2.31. The van der Waals surface area contributed by atoms with Gasteiger partial charge in [0.25, 0.3) is 11.8 Å². The number of carbonyl (C=O) groups excluding carboxylic acids is 2. The number of nitrogens with two attached hydrogens (primary N) is 1. The highest BCUT2D eigenvalue weighted by molar-refractivity contribution is 5.95. The first-order valence-electron chi connectivity index (χ1n) is 13.9. The molecule has 0 radical (unpaired) electrons. The SMILES string of the molecule is [2H]C([2H])([2H])Oc1cc(-c2ccc(C(=O)N3CCC(F)(F)CC3)cn2)cc2cc(CNC(=O)C=Cc3ccc(N)nc3)oc12. The summed E-state index contributed by atoms with van der Waals surface area (Å²) in [7, 11) is -2.77. The number of piperidine rings is 1. The minimum atomic E-state index is -2.77. The normalized spacial score (nSPS) is 16.4. The van der Waals surface area contributed by atoms with E-state index in [0.717, 1.165) is 0 Å². The number of halogens is 2. The van der Waals surface area contributed by atoms with Crippen LogP contribution in [0.15, 0.2) is 65.4 Å². The number of hydrogen-bond acceptors (Lipinski definition) is 7. The number of methoxy groups -OCH3 is 1. The molecular formula is C29H27F2N5O4. The van der Waals surface area contributed by atoms with Gasteiger partial charge < -0.3 is 25.1 Å². The third kappa shape index (κ3) is 6.09. The van der Waals surface area contributed by atoms with Crippen LogP contribution >= 0.6 is 0 Å². The van der Waals surface area contributed by atoms with Gasteiger partial charge in [0.15, 0.2) is 11.3 Å². The molecule has 1 aliphatic rings. The first-order valence-corrected chi connectivity index (χ1v) is 12.4. The molecule has 1 saturated heterocycles. The lowest BCUT2D eigenvalue weighted by atomic mass is 10.0. The summed E-state index contributed by atoms with van der Waals surface area (Å²) in [5, 5.41) is 3.20. The third-order valence-electron chi connectivity index (χ3n) is 6.50. The van der Waals surface area contributed by atoms with Crippen molar-refractivity contribution in [2.45, 2.75) is 25.3 Å². The topological polar surface area (TPSA) is 124 Å². The van der Waals surface area contributed by atoms with Crippen molar-refractivity contribution in [1.29, 1.82) is 0 Å². The Hall–Kier alpha value is -4.80. The zero-order valence-corrected chi connectivity index (χ0v) is 21.2. The Labute approximate surface area is 232 Å². The van der Waals surface area contributed by atoms with Crippen molar-refractivity contribution in [3.63, 3.8) is 0 Å². The summed E-state index contributed by atoms with van der Waals surface area (Å²) in [6.45, 7) is -0.0721. The first-order chi connectivity index (χ1) is 20.3. The van der Waals surface area contributed by atoms with Crippen LogP contribution in [0.25, 0.3) is 28.3 Å². The van der Waals surface area contributed by atoms with Crippen LogP contribution in [-0.4, -0.2) is 52.7 Å². The van der Waals surface area contributed by atoms with Gasteiger partial charge in [0.1, 0.15) is 11.6 Å². The molecule has 0 unspecified atom stereocenters. The van der Waals surface area contributed by atoms with Crippen molar-refractivity contribution >= 4 is 34.7 Å². The van der Waals surface area contributed by atoms with Crippen LogP contribution in [0.5, 0.6) is 5.75 Å². The molecule has 0 saturated carbocycles. The zero-order valence-electron chi connectivity index (χ0n) is 24.2. The second-order valence-corrected chi connectivity index (χ2v) is 9.36. The molecule has 4 heterocycles. The van der Waals surface area contributed by atoms with Crippen LogP contribution in [0.3, 0.4) is 0 Å². The van der Waals surface area contributed by atoms with Gasteiger partial charge in [0.05, 0.1) is 29.0 Å². The summed E-state index contributed by atoms with van der Waals surface area (Å²) in [4.78, 5) is 34.8. The minimum absolute atomic E-state index is 0.0118. The van der Waals surface area contributed by atoms with Gasteiger partial charge in [-0.25, -0.2) is 13.8 Å². The van der Waals surface area contributed by atoms with Crippen LogP contribution in [0.2, 0.25) is 0 Å². The van der Waals surface area contributed by atoms with Crippen molar-refractivity contribution in [1.82, 2.24) is 20.2 Å². The maximum atomic E-state index is 13.5. The van der Waals surface area contributed by atoms with E-state index in [-0.39, 0.29) is 49.4 Å². The lowest BCUT2D eigenvalue weighted by molar-refractivity contribution is -0.116. The smallest absolute Gasteiger partial charge is 0.255 e. The van der Waals surface area contributed by atoms with Gasteiger partial charge in [0, 0.05) is 55.4 Å². The van der Waals surface area contributed by atoms with Crippen LogP contribution in [0, 0.1) is 0 Å². The Morgan fingerprint density at radius 3 is 2.70 bits per heavy atom. The number of furan rings is 1. The monoisotopic (exact) mass is 550 g/mol. The van der Waals surface area contributed by atoms with Crippen LogP contribution in [0.1, 0.15) is 38.6 Å². The lowest BCUT2D eigenvalue weighted by Crippen LogP contribution is -2.42. The number of aromatic nitrogens is 2. The fourth-order valence-electron chi connectivity index (χ4n) is 4.32. The van der Waals surface area contributed by atoms with E-state index in [4.69, 9.17) is 19.0 Å². The molecule has 0 spiro atoms. The summed E-state index contributed by atoms with van der Waals surface area (Å²) in [5.41, 5.74) is 7.57. The van der Waals surface area contributed by atoms with E-state index in [1.165, 1.54) is 35.5 Å². The summed E-state index contributed by atoms with van der Waals surface area (Å²) in [6.07, 6.45) is 5.02. The molecule has 1 aromatic carbocycles. The molecular weight excluding hydrogens is 520 g/mol. The number of hydrogen-bond donors (Lipinski definition) is 2. The largest absolute Gasteiger partial charge is 0.493 e. The summed E-state index contributed by atoms with van der Waals surface area (Å²) < 4.78 is 60.7. The predicted octanol–water partition coefficient (Wildman–Crippen LogP) is 4.68. The molecule has 4 aromatic rings. The van der Waals surface area contributed by atoms with Gasteiger partial charge in [0.2, 0.25) is 5.91 Å². The fraction of sp³-hybridized carbons (Fsp3) is 0.241. The quantitative estimate of drug-likeness (QED) is 0.320. The maximum absolute atomic E-state index is 13.5. The van der Waals surface area contributed by atoms with E-state index in [9.17, 15) is 18.4 Å².